The second kappa shape index (κ2) is 8.53. The summed E-state index contributed by atoms with van der Waals surface area (Å²) < 4.78 is 1.79. The van der Waals surface area contributed by atoms with E-state index in [9.17, 15) is 4.79 Å². The number of rotatable bonds is 7. The average molecular weight is 390 g/mol. The summed E-state index contributed by atoms with van der Waals surface area (Å²) in [6, 6.07) is 17.4. The zero-order valence-corrected chi connectivity index (χ0v) is 15.8. The third-order valence-corrected chi connectivity index (χ3v) is 5.04. The maximum absolute atomic E-state index is 12.4. The molecule has 2 aromatic heterocycles. The molecule has 1 amide bonds. The summed E-state index contributed by atoms with van der Waals surface area (Å²) in [6.45, 7) is 0.425. The minimum atomic E-state index is -0.109. The zero-order chi connectivity index (χ0) is 19.2. The van der Waals surface area contributed by atoms with Crippen LogP contribution in [0.25, 0.3) is 5.69 Å². The largest absolute Gasteiger partial charge is 0.348 e. The molecule has 140 valence electrons. The number of H-pyrrole nitrogens is 1. The fourth-order valence-corrected chi connectivity index (χ4v) is 3.36. The molecule has 0 spiro atoms. The van der Waals surface area contributed by atoms with Crippen LogP contribution in [-0.2, 0) is 12.3 Å². The van der Waals surface area contributed by atoms with E-state index in [1.54, 1.807) is 22.6 Å². The lowest BCUT2D eigenvalue weighted by atomic mass is 10.1. The van der Waals surface area contributed by atoms with Gasteiger partial charge in [-0.3, -0.25) is 9.89 Å². The third kappa shape index (κ3) is 4.47. The van der Waals surface area contributed by atoms with Crippen LogP contribution in [0.5, 0.6) is 0 Å². The van der Waals surface area contributed by atoms with Crippen molar-refractivity contribution >= 4 is 17.7 Å². The highest BCUT2D eigenvalue weighted by atomic mass is 32.2. The fraction of sp³-hybridized carbons (Fsp3) is 0.100. The van der Waals surface area contributed by atoms with Crippen molar-refractivity contribution in [2.75, 3.05) is 0 Å². The predicted octanol–water partition coefficient (Wildman–Crippen LogP) is 3.21. The predicted molar refractivity (Wildman–Crippen MR) is 107 cm³/mol. The number of thioether (sulfide) groups is 1. The van der Waals surface area contributed by atoms with Crippen molar-refractivity contribution in [3.8, 4) is 5.69 Å². The zero-order valence-electron chi connectivity index (χ0n) is 14.9. The molecule has 4 aromatic rings. The molecular formula is C20H18N6OS. The van der Waals surface area contributed by atoms with Crippen molar-refractivity contribution < 1.29 is 4.79 Å². The van der Waals surface area contributed by atoms with Gasteiger partial charge < -0.3 is 5.32 Å². The Morgan fingerprint density at radius 3 is 2.64 bits per heavy atom. The van der Waals surface area contributed by atoms with Gasteiger partial charge in [-0.2, -0.15) is 10.2 Å². The maximum Gasteiger partial charge on any atom is 0.251 e. The first-order chi connectivity index (χ1) is 13.8. The molecule has 0 aliphatic heterocycles. The molecule has 0 saturated heterocycles. The van der Waals surface area contributed by atoms with Crippen LogP contribution in [0.15, 0.2) is 78.5 Å². The van der Waals surface area contributed by atoms with E-state index < -0.39 is 0 Å². The minimum absolute atomic E-state index is 0.109. The molecule has 0 unspecified atom stereocenters. The van der Waals surface area contributed by atoms with Gasteiger partial charge in [0, 0.05) is 29.6 Å². The Balaban J connectivity index is 1.31. The van der Waals surface area contributed by atoms with Crippen molar-refractivity contribution in [1.29, 1.82) is 0 Å². The molecule has 0 aliphatic carbocycles. The van der Waals surface area contributed by atoms with E-state index in [4.69, 9.17) is 0 Å². The molecule has 8 heteroatoms. The number of aromatic nitrogens is 5. The number of carbonyl (C=O) groups is 1. The van der Waals surface area contributed by atoms with Gasteiger partial charge in [0.2, 0.25) is 0 Å². The van der Waals surface area contributed by atoms with Crippen LogP contribution in [-0.4, -0.2) is 30.9 Å². The van der Waals surface area contributed by atoms with Crippen LogP contribution >= 0.6 is 11.8 Å². The van der Waals surface area contributed by atoms with E-state index in [2.05, 4.69) is 25.6 Å². The number of hydrogen-bond donors (Lipinski definition) is 2. The van der Waals surface area contributed by atoms with Gasteiger partial charge >= 0.3 is 0 Å². The normalized spacial score (nSPS) is 10.7. The number of nitrogens with zero attached hydrogens (tertiary/aromatic N) is 4. The summed E-state index contributed by atoms with van der Waals surface area (Å²) in [5, 5.41) is 14.7. The van der Waals surface area contributed by atoms with Crippen molar-refractivity contribution in [1.82, 2.24) is 30.3 Å². The Morgan fingerprint density at radius 1 is 1.07 bits per heavy atom. The molecule has 2 N–H and O–H groups in total. The number of para-hydroxylation sites is 1. The standard InChI is InChI=1S/C20H18N6OS/c27-19(17-8-6-15(7-9-17)13-28-20-22-14-23-25-20)21-10-16-11-24-26(12-16)18-4-2-1-3-5-18/h1-9,11-12,14H,10,13H2,(H,21,27)(H,22,23,25). The van der Waals surface area contributed by atoms with Gasteiger partial charge in [-0.25, -0.2) is 9.67 Å². The highest BCUT2D eigenvalue weighted by Crippen LogP contribution is 2.18. The number of benzene rings is 2. The average Bonchev–Trinajstić information content (AvgIpc) is 3.44. The Morgan fingerprint density at radius 2 is 1.89 bits per heavy atom. The van der Waals surface area contributed by atoms with Crippen LogP contribution in [0.4, 0.5) is 0 Å². The molecule has 7 nitrogen and oxygen atoms in total. The SMILES string of the molecule is O=C(NCc1cnn(-c2ccccc2)c1)c1ccc(CSc2ncn[nH]2)cc1. The summed E-state index contributed by atoms with van der Waals surface area (Å²) in [4.78, 5) is 16.5. The van der Waals surface area contributed by atoms with E-state index in [0.29, 0.717) is 12.1 Å². The first-order valence-corrected chi connectivity index (χ1v) is 9.71. The summed E-state index contributed by atoms with van der Waals surface area (Å²) in [5.41, 5.74) is 3.67. The quantitative estimate of drug-likeness (QED) is 0.473. The maximum atomic E-state index is 12.4. The smallest absolute Gasteiger partial charge is 0.251 e. The van der Waals surface area contributed by atoms with E-state index in [0.717, 1.165) is 27.7 Å². The van der Waals surface area contributed by atoms with Gasteiger partial charge in [0.05, 0.1) is 11.9 Å². The first-order valence-electron chi connectivity index (χ1n) is 8.72. The molecule has 0 saturated carbocycles. The molecule has 2 aromatic carbocycles. The first kappa shape index (κ1) is 18.0. The van der Waals surface area contributed by atoms with Crippen molar-refractivity contribution in [2.45, 2.75) is 17.5 Å². The number of nitrogens with one attached hydrogen (secondary N) is 2. The topological polar surface area (TPSA) is 88.5 Å². The van der Waals surface area contributed by atoms with E-state index in [1.807, 2.05) is 60.8 Å². The Hall–Kier alpha value is -3.39. The Kier molecular flexibility index (Phi) is 5.48. The molecule has 0 bridgehead atoms. The molecule has 4 rings (SSSR count). The number of hydrogen-bond acceptors (Lipinski definition) is 5. The van der Waals surface area contributed by atoms with Crippen LogP contribution in [0.2, 0.25) is 0 Å². The summed E-state index contributed by atoms with van der Waals surface area (Å²) >= 11 is 1.56. The summed E-state index contributed by atoms with van der Waals surface area (Å²) in [5.74, 6) is 0.650. The van der Waals surface area contributed by atoms with E-state index >= 15 is 0 Å². The van der Waals surface area contributed by atoms with Crippen LogP contribution in [0.3, 0.4) is 0 Å². The van der Waals surface area contributed by atoms with Crippen molar-refractivity contribution in [2.24, 2.45) is 0 Å². The van der Waals surface area contributed by atoms with E-state index in [1.165, 1.54) is 6.33 Å². The highest BCUT2D eigenvalue weighted by molar-refractivity contribution is 7.98. The lowest BCUT2D eigenvalue weighted by Gasteiger charge is -2.05. The molecular weight excluding hydrogens is 372 g/mol. The lowest BCUT2D eigenvalue weighted by molar-refractivity contribution is 0.0951. The van der Waals surface area contributed by atoms with Crippen molar-refractivity contribution in [3.05, 3.63) is 90.0 Å². The van der Waals surface area contributed by atoms with Gasteiger partial charge in [0.15, 0.2) is 5.16 Å². The van der Waals surface area contributed by atoms with Gasteiger partial charge in [-0.15, -0.1) is 0 Å². The van der Waals surface area contributed by atoms with Gasteiger partial charge in [-0.05, 0) is 29.8 Å². The number of carbonyl (C=O) groups excluding carboxylic acids is 1. The van der Waals surface area contributed by atoms with Gasteiger partial charge in [0.25, 0.3) is 5.91 Å². The number of aromatic amines is 1. The lowest BCUT2D eigenvalue weighted by Crippen LogP contribution is -2.22. The third-order valence-electron chi connectivity index (χ3n) is 4.09. The molecule has 0 radical (unpaired) electrons. The minimum Gasteiger partial charge on any atom is -0.348 e. The monoisotopic (exact) mass is 390 g/mol. The van der Waals surface area contributed by atoms with Crippen LogP contribution in [0.1, 0.15) is 21.5 Å². The van der Waals surface area contributed by atoms with Gasteiger partial charge in [0.1, 0.15) is 6.33 Å². The highest BCUT2D eigenvalue weighted by Gasteiger charge is 2.07. The fourth-order valence-electron chi connectivity index (χ4n) is 2.63. The van der Waals surface area contributed by atoms with Crippen molar-refractivity contribution in [3.63, 3.8) is 0 Å². The molecule has 0 atom stereocenters. The Labute approximate surface area is 166 Å². The molecule has 28 heavy (non-hydrogen) atoms. The van der Waals surface area contributed by atoms with E-state index in [-0.39, 0.29) is 5.91 Å². The molecule has 2 heterocycles. The molecule has 0 aliphatic rings. The summed E-state index contributed by atoms with van der Waals surface area (Å²) in [6.07, 6.45) is 5.16. The second-order valence-electron chi connectivity index (χ2n) is 6.09. The number of amides is 1. The second-order valence-corrected chi connectivity index (χ2v) is 7.05. The summed E-state index contributed by atoms with van der Waals surface area (Å²) in [7, 11) is 0. The Bertz CT molecular complexity index is 1030. The van der Waals surface area contributed by atoms with Crippen LogP contribution < -0.4 is 5.32 Å². The van der Waals surface area contributed by atoms with Gasteiger partial charge in [-0.1, -0.05) is 42.1 Å². The molecule has 0 fully saturated rings. The van der Waals surface area contributed by atoms with Crippen LogP contribution in [0, 0.1) is 0 Å².